The molecule has 1 amide bonds. The third-order valence-corrected chi connectivity index (χ3v) is 4.94. The SMILES string of the molecule is CCOc1ccc(C(CNC(=O)c2cccc(Cl)c2)N2CCCC2)cc1. The molecule has 1 unspecified atom stereocenters. The molecule has 0 bridgehead atoms. The summed E-state index contributed by atoms with van der Waals surface area (Å²) < 4.78 is 5.54. The van der Waals surface area contributed by atoms with Crippen LogP contribution >= 0.6 is 11.6 Å². The molecule has 1 aliphatic rings. The van der Waals surface area contributed by atoms with Gasteiger partial charge in [0.25, 0.3) is 5.91 Å². The molecule has 0 radical (unpaired) electrons. The van der Waals surface area contributed by atoms with Gasteiger partial charge in [0.2, 0.25) is 0 Å². The minimum Gasteiger partial charge on any atom is -0.494 e. The van der Waals surface area contributed by atoms with Crippen LogP contribution in [0.4, 0.5) is 0 Å². The van der Waals surface area contributed by atoms with Crippen LogP contribution in [0.5, 0.6) is 5.75 Å². The van der Waals surface area contributed by atoms with Crippen LogP contribution < -0.4 is 10.1 Å². The number of nitrogens with one attached hydrogen (secondary N) is 1. The summed E-state index contributed by atoms with van der Waals surface area (Å²) in [4.78, 5) is 14.9. The standard InChI is InChI=1S/C21H25ClN2O2/c1-2-26-19-10-8-16(9-11-19)20(24-12-3-4-13-24)15-23-21(25)17-6-5-7-18(22)14-17/h5-11,14,20H,2-4,12-13,15H2,1H3,(H,23,25). The molecule has 5 heteroatoms. The summed E-state index contributed by atoms with van der Waals surface area (Å²) in [5, 5.41) is 3.64. The zero-order valence-electron chi connectivity index (χ0n) is 15.1. The second-order valence-corrected chi connectivity index (χ2v) is 6.92. The maximum atomic E-state index is 12.5. The molecule has 2 aromatic carbocycles. The van der Waals surface area contributed by atoms with Crippen molar-refractivity contribution in [2.24, 2.45) is 0 Å². The number of hydrogen-bond donors (Lipinski definition) is 1. The van der Waals surface area contributed by atoms with Crippen LogP contribution in [0.15, 0.2) is 48.5 Å². The second kappa shape index (κ2) is 9.06. The van der Waals surface area contributed by atoms with Crippen LogP contribution in [0.2, 0.25) is 5.02 Å². The van der Waals surface area contributed by atoms with E-state index in [4.69, 9.17) is 16.3 Å². The van der Waals surface area contributed by atoms with Gasteiger partial charge in [-0.05, 0) is 68.8 Å². The van der Waals surface area contributed by atoms with Gasteiger partial charge in [-0.1, -0.05) is 29.8 Å². The summed E-state index contributed by atoms with van der Waals surface area (Å²) >= 11 is 5.99. The van der Waals surface area contributed by atoms with Gasteiger partial charge in [-0.3, -0.25) is 9.69 Å². The van der Waals surface area contributed by atoms with Gasteiger partial charge >= 0.3 is 0 Å². The maximum absolute atomic E-state index is 12.5. The Hall–Kier alpha value is -2.04. The molecule has 26 heavy (non-hydrogen) atoms. The van der Waals surface area contributed by atoms with Crippen molar-refractivity contribution in [3.8, 4) is 5.75 Å². The summed E-state index contributed by atoms with van der Waals surface area (Å²) in [5.74, 6) is 0.780. The van der Waals surface area contributed by atoms with Crippen molar-refractivity contribution >= 4 is 17.5 Å². The molecule has 0 saturated carbocycles. The van der Waals surface area contributed by atoms with Gasteiger partial charge in [0.15, 0.2) is 0 Å². The number of carbonyl (C=O) groups excluding carboxylic acids is 1. The molecule has 138 valence electrons. The van der Waals surface area contributed by atoms with Gasteiger partial charge in [-0.15, -0.1) is 0 Å². The Kier molecular flexibility index (Phi) is 6.53. The first-order chi connectivity index (χ1) is 12.7. The van der Waals surface area contributed by atoms with E-state index >= 15 is 0 Å². The number of carbonyl (C=O) groups is 1. The molecule has 1 aliphatic heterocycles. The van der Waals surface area contributed by atoms with E-state index in [1.165, 1.54) is 18.4 Å². The summed E-state index contributed by atoms with van der Waals surface area (Å²) in [6, 6.07) is 15.4. The lowest BCUT2D eigenvalue weighted by molar-refractivity contribution is 0.0938. The molecule has 3 rings (SSSR count). The zero-order valence-corrected chi connectivity index (χ0v) is 15.8. The zero-order chi connectivity index (χ0) is 18.4. The van der Waals surface area contributed by atoms with Crippen LogP contribution in [0.1, 0.15) is 41.7 Å². The van der Waals surface area contributed by atoms with Crippen molar-refractivity contribution < 1.29 is 9.53 Å². The van der Waals surface area contributed by atoms with E-state index in [9.17, 15) is 4.79 Å². The Morgan fingerprint density at radius 3 is 2.58 bits per heavy atom. The van der Waals surface area contributed by atoms with Crippen LogP contribution in [0.25, 0.3) is 0 Å². The Balaban J connectivity index is 1.71. The third-order valence-electron chi connectivity index (χ3n) is 4.70. The highest BCUT2D eigenvalue weighted by molar-refractivity contribution is 6.30. The van der Waals surface area contributed by atoms with Crippen LogP contribution in [-0.2, 0) is 0 Å². The van der Waals surface area contributed by atoms with E-state index in [0.717, 1.165) is 18.8 Å². The lowest BCUT2D eigenvalue weighted by atomic mass is 10.0. The molecule has 0 aromatic heterocycles. The van der Waals surface area contributed by atoms with E-state index in [2.05, 4.69) is 22.3 Å². The first kappa shape index (κ1) is 18.7. The number of ether oxygens (including phenoxy) is 1. The van der Waals surface area contributed by atoms with E-state index in [0.29, 0.717) is 23.7 Å². The highest BCUT2D eigenvalue weighted by Gasteiger charge is 2.24. The first-order valence-electron chi connectivity index (χ1n) is 9.18. The molecule has 1 heterocycles. The molecule has 1 saturated heterocycles. The summed E-state index contributed by atoms with van der Waals surface area (Å²) in [5.41, 5.74) is 1.78. The molecule has 2 aromatic rings. The smallest absolute Gasteiger partial charge is 0.251 e. The number of likely N-dealkylation sites (tertiary alicyclic amines) is 1. The average molecular weight is 373 g/mol. The Bertz CT molecular complexity index is 727. The van der Waals surface area contributed by atoms with E-state index in [-0.39, 0.29) is 11.9 Å². The molecule has 0 aliphatic carbocycles. The maximum Gasteiger partial charge on any atom is 0.251 e. The van der Waals surface area contributed by atoms with Crippen LogP contribution in [0, 0.1) is 0 Å². The third kappa shape index (κ3) is 4.77. The van der Waals surface area contributed by atoms with Gasteiger partial charge in [-0.25, -0.2) is 0 Å². The number of rotatable bonds is 7. The minimum absolute atomic E-state index is 0.0948. The monoisotopic (exact) mass is 372 g/mol. The normalized spacial score (nSPS) is 15.6. The van der Waals surface area contributed by atoms with Gasteiger partial charge in [0, 0.05) is 17.1 Å². The minimum atomic E-state index is -0.0948. The van der Waals surface area contributed by atoms with Crippen molar-refractivity contribution in [1.29, 1.82) is 0 Å². The first-order valence-corrected chi connectivity index (χ1v) is 9.55. The summed E-state index contributed by atoms with van der Waals surface area (Å²) in [6.07, 6.45) is 2.41. The average Bonchev–Trinajstić information content (AvgIpc) is 3.18. The van der Waals surface area contributed by atoms with Crippen LogP contribution in [-0.4, -0.2) is 37.0 Å². The Morgan fingerprint density at radius 2 is 1.92 bits per heavy atom. The van der Waals surface area contributed by atoms with Crippen molar-refractivity contribution in [3.63, 3.8) is 0 Å². The molecular formula is C21H25ClN2O2. The number of hydrogen-bond acceptors (Lipinski definition) is 3. The number of benzene rings is 2. The molecular weight excluding hydrogens is 348 g/mol. The molecule has 0 spiro atoms. The van der Waals surface area contributed by atoms with Gasteiger partial charge in [-0.2, -0.15) is 0 Å². The predicted octanol–water partition coefficient (Wildman–Crippen LogP) is 4.31. The van der Waals surface area contributed by atoms with Crippen molar-refractivity contribution in [3.05, 3.63) is 64.7 Å². The van der Waals surface area contributed by atoms with Gasteiger partial charge in [0.1, 0.15) is 5.75 Å². The second-order valence-electron chi connectivity index (χ2n) is 6.48. The van der Waals surface area contributed by atoms with Crippen molar-refractivity contribution in [2.75, 3.05) is 26.2 Å². The van der Waals surface area contributed by atoms with Crippen LogP contribution in [0.3, 0.4) is 0 Å². The highest BCUT2D eigenvalue weighted by Crippen LogP contribution is 2.26. The fourth-order valence-corrected chi connectivity index (χ4v) is 3.58. The van der Waals surface area contributed by atoms with E-state index in [1.54, 1.807) is 24.3 Å². The quantitative estimate of drug-likeness (QED) is 0.787. The summed E-state index contributed by atoms with van der Waals surface area (Å²) in [6.45, 7) is 5.33. The molecule has 1 atom stereocenters. The molecule has 4 nitrogen and oxygen atoms in total. The lowest BCUT2D eigenvalue weighted by Gasteiger charge is -2.28. The highest BCUT2D eigenvalue weighted by atomic mass is 35.5. The van der Waals surface area contributed by atoms with Gasteiger partial charge < -0.3 is 10.1 Å². The predicted molar refractivity (Wildman–Crippen MR) is 105 cm³/mol. The number of halogens is 1. The Morgan fingerprint density at radius 1 is 1.19 bits per heavy atom. The van der Waals surface area contributed by atoms with Gasteiger partial charge in [0.05, 0.1) is 12.6 Å². The number of amides is 1. The van der Waals surface area contributed by atoms with Crippen molar-refractivity contribution in [2.45, 2.75) is 25.8 Å². The Labute approximate surface area is 160 Å². The lowest BCUT2D eigenvalue weighted by Crippen LogP contribution is -2.36. The van der Waals surface area contributed by atoms with E-state index in [1.807, 2.05) is 19.1 Å². The fraction of sp³-hybridized carbons (Fsp3) is 0.381. The molecule has 1 fully saturated rings. The van der Waals surface area contributed by atoms with Crippen molar-refractivity contribution in [1.82, 2.24) is 10.2 Å². The fourth-order valence-electron chi connectivity index (χ4n) is 3.39. The number of nitrogens with zero attached hydrogens (tertiary/aromatic N) is 1. The van der Waals surface area contributed by atoms with E-state index < -0.39 is 0 Å². The topological polar surface area (TPSA) is 41.6 Å². The molecule has 1 N–H and O–H groups in total. The summed E-state index contributed by atoms with van der Waals surface area (Å²) in [7, 11) is 0. The largest absolute Gasteiger partial charge is 0.494 e.